The first kappa shape index (κ1) is 34.8. The average molecular weight is 557 g/mol. The number of quaternary nitrogens is 1. The summed E-state index contributed by atoms with van der Waals surface area (Å²) in [7, 11) is 2.01. The minimum atomic E-state index is -4.15. The Morgan fingerprint density at radius 2 is 1.45 bits per heavy atom. The highest BCUT2D eigenvalue weighted by atomic mass is 31.2. The Labute approximate surface area is 232 Å². The van der Waals surface area contributed by atoms with Gasteiger partial charge in [-0.25, -0.2) is 4.57 Å². The maximum absolute atomic E-state index is 12.3. The van der Waals surface area contributed by atoms with E-state index >= 15 is 0 Å². The Morgan fingerprint density at radius 3 is 2.00 bits per heavy atom. The van der Waals surface area contributed by atoms with Gasteiger partial charge in [-0.3, -0.25) is 9.05 Å². The van der Waals surface area contributed by atoms with Crippen LogP contribution in [-0.4, -0.2) is 62.7 Å². The summed E-state index contributed by atoms with van der Waals surface area (Å²) in [6.07, 6.45) is 14.5. The van der Waals surface area contributed by atoms with E-state index in [1.807, 2.05) is 24.3 Å². The third-order valence-corrected chi connectivity index (χ3v) is 7.48. The smallest absolute Gasteiger partial charge is 0.472 e. The summed E-state index contributed by atoms with van der Waals surface area (Å²) < 4.78 is 29.3. The van der Waals surface area contributed by atoms with Crippen LogP contribution in [0.3, 0.4) is 0 Å². The van der Waals surface area contributed by atoms with E-state index in [2.05, 4.69) is 28.1 Å². The lowest BCUT2D eigenvalue weighted by Gasteiger charge is -2.24. The van der Waals surface area contributed by atoms with Gasteiger partial charge in [0.1, 0.15) is 11.5 Å². The number of ketones is 1. The molecule has 0 aliphatic rings. The zero-order chi connectivity index (χ0) is 28.3. The first-order valence-electron chi connectivity index (χ1n) is 14.6. The van der Waals surface area contributed by atoms with Crippen molar-refractivity contribution in [2.45, 2.75) is 97.3 Å². The van der Waals surface area contributed by atoms with Gasteiger partial charge in [-0.05, 0) is 43.4 Å². The standard InChI is InChI=1S/C30H54NO6P/c1-6-7-8-9-10-11-12-13-14-15-22-35-30-19-17-28(18-20-30)25-29(24-27(2)32)26-37-38(33,34)36-23-16-21-31(3,4)5/h17-20,29H,6-16,21-26H2,1-5H3/p+1. The second-order valence-electron chi connectivity index (χ2n) is 11.6. The molecule has 0 saturated carbocycles. The largest absolute Gasteiger partial charge is 0.494 e. The molecule has 1 rings (SSSR count). The van der Waals surface area contributed by atoms with Gasteiger partial charge in [-0.2, -0.15) is 0 Å². The van der Waals surface area contributed by atoms with Gasteiger partial charge in [0.25, 0.3) is 0 Å². The van der Waals surface area contributed by atoms with Crippen molar-refractivity contribution in [3.8, 4) is 5.75 Å². The van der Waals surface area contributed by atoms with Crippen LogP contribution >= 0.6 is 7.82 Å². The number of Topliss-reactive ketones (excluding diaryl/α,β-unsaturated/α-hetero) is 1. The Bertz CT molecular complexity index is 793. The van der Waals surface area contributed by atoms with Gasteiger partial charge < -0.3 is 18.9 Å². The lowest BCUT2D eigenvalue weighted by atomic mass is 9.95. The molecule has 1 N–H and O–H groups in total. The lowest BCUT2D eigenvalue weighted by molar-refractivity contribution is -0.870. The van der Waals surface area contributed by atoms with E-state index in [0.717, 1.165) is 35.4 Å². The van der Waals surface area contributed by atoms with E-state index in [0.29, 0.717) is 12.8 Å². The van der Waals surface area contributed by atoms with Crippen LogP contribution in [0.4, 0.5) is 0 Å². The molecule has 8 heteroatoms. The summed E-state index contributed by atoms with van der Waals surface area (Å²) in [6, 6.07) is 7.87. The fraction of sp³-hybridized carbons (Fsp3) is 0.767. The molecule has 1 aromatic carbocycles. The Balaban J connectivity index is 2.33. The molecule has 0 saturated heterocycles. The number of benzene rings is 1. The van der Waals surface area contributed by atoms with Crippen LogP contribution in [0.15, 0.2) is 24.3 Å². The fourth-order valence-electron chi connectivity index (χ4n) is 4.39. The van der Waals surface area contributed by atoms with Crippen LogP contribution < -0.4 is 4.74 Å². The molecule has 0 radical (unpaired) electrons. The Hall–Kier alpha value is -1.24. The number of phosphoric ester groups is 1. The molecule has 0 aliphatic carbocycles. The summed E-state index contributed by atoms with van der Waals surface area (Å²) >= 11 is 0. The molecule has 38 heavy (non-hydrogen) atoms. The summed E-state index contributed by atoms with van der Waals surface area (Å²) in [4.78, 5) is 21.8. The van der Waals surface area contributed by atoms with Crippen molar-refractivity contribution < 1.29 is 32.5 Å². The van der Waals surface area contributed by atoms with E-state index in [-0.39, 0.29) is 31.3 Å². The molecule has 2 atom stereocenters. The first-order valence-corrected chi connectivity index (χ1v) is 16.1. The molecule has 220 valence electrons. The van der Waals surface area contributed by atoms with Gasteiger partial charge in [0, 0.05) is 12.8 Å². The summed E-state index contributed by atoms with van der Waals surface area (Å²) in [5, 5.41) is 0. The van der Waals surface area contributed by atoms with Gasteiger partial charge in [-0.15, -0.1) is 0 Å². The van der Waals surface area contributed by atoms with Crippen molar-refractivity contribution in [3.05, 3.63) is 29.8 Å². The molecule has 0 spiro atoms. The Kier molecular flexibility index (Phi) is 18.1. The van der Waals surface area contributed by atoms with Gasteiger partial charge in [0.2, 0.25) is 0 Å². The molecular formula is C30H55NO6P+. The number of carbonyl (C=O) groups excluding carboxylic acids is 1. The van der Waals surface area contributed by atoms with Gasteiger partial charge in [0.15, 0.2) is 0 Å². The van der Waals surface area contributed by atoms with E-state index in [9.17, 15) is 14.3 Å². The monoisotopic (exact) mass is 556 g/mol. The summed E-state index contributed by atoms with van der Waals surface area (Å²) in [5.41, 5.74) is 1.03. The van der Waals surface area contributed by atoms with Crippen LogP contribution in [0.2, 0.25) is 0 Å². The highest BCUT2D eigenvalue weighted by Crippen LogP contribution is 2.44. The maximum atomic E-state index is 12.3. The van der Waals surface area contributed by atoms with Crippen LogP contribution in [-0.2, 0) is 24.8 Å². The van der Waals surface area contributed by atoms with Crippen LogP contribution in [0.1, 0.15) is 96.5 Å². The third kappa shape index (κ3) is 19.8. The topological polar surface area (TPSA) is 82.1 Å². The summed E-state index contributed by atoms with van der Waals surface area (Å²) in [5.74, 6) is 0.652. The number of phosphoric acid groups is 1. The molecule has 0 heterocycles. The number of carbonyl (C=O) groups is 1. The van der Waals surface area contributed by atoms with Crippen LogP contribution in [0, 0.1) is 5.92 Å². The minimum Gasteiger partial charge on any atom is -0.494 e. The van der Waals surface area contributed by atoms with Crippen molar-refractivity contribution >= 4 is 13.6 Å². The lowest BCUT2D eigenvalue weighted by Crippen LogP contribution is -2.35. The average Bonchev–Trinajstić information content (AvgIpc) is 2.84. The predicted molar refractivity (Wildman–Crippen MR) is 156 cm³/mol. The van der Waals surface area contributed by atoms with Crippen molar-refractivity contribution in [3.63, 3.8) is 0 Å². The molecule has 0 amide bonds. The summed E-state index contributed by atoms with van der Waals surface area (Å²) in [6.45, 7) is 5.46. The van der Waals surface area contributed by atoms with E-state index in [1.54, 1.807) is 0 Å². The molecule has 0 fully saturated rings. The number of ether oxygens (including phenoxy) is 1. The van der Waals surface area contributed by atoms with Crippen molar-refractivity contribution in [2.24, 2.45) is 5.92 Å². The highest BCUT2D eigenvalue weighted by molar-refractivity contribution is 7.47. The zero-order valence-electron chi connectivity index (χ0n) is 24.8. The number of hydrogen-bond acceptors (Lipinski definition) is 5. The first-order chi connectivity index (χ1) is 18.0. The second kappa shape index (κ2) is 19.8. The predicted octanol–water partition coefficient (Wildman–Crippen LogP) is 7.35. The number of nitrogens with zero attached hydrogens (tertiary/aromatic N) is 1. The molecule has 2 unspecified atom stereocenters. The maximum Gasteiger partial charge on any atom is 0.472 e. The molecular weight excluding hydrogens is 501 g/mol. The van der Waals surface area contributed by atoms with Crippen LogP contribution in [0.25, 0.3) is 0 Å². The quantitative estimate of drug-likeness (QED) is 0.0814. The number of unbranched alkanes of at least 4 members (excludes halogenated alkanes) is 9. The van der Waals surface area contributed by atoms with E-state index < -0.39 is 7.82 Å². The third-order valence-electron chi connectivity index (χ3n) is 6.49. The number of hydrogen-bond donors (Lipinski definition) is 1. The van der Waals surface area contributed by atoms with Crippen molar-refractivity contribution in [1.82, 2.24) is 0 Å². The number of rotatable bonds is 24. The minimum absolute atomic E-state index is 0.0142. The molecule has 7 nitrogen and oxygen atoms in total. The molecule has 1 aromatic rings. The van der Waals surface area contributed by atoms with Gasteiger partial charge >= 0.3 is 7.82 Å². The van der Waals surface area contributed by atoms with Crippen molar-refractivity contribution in [2.75, 3.05) is 47.5 Å². The zero-order valence-corrected chi connectivity index (χ0v) is 25.7. The normalized spacial score (nSPS) is 14.3. The Morgan fingerprint density at radius 1 is 0.868 bits per heavy atom. The van der Waals surface area contributed by atoms with E-state index in [1.165, 1.54) is 64.7 Å². The SMILES string of the molecule is CCCCCCCCCCCCOc1ccc(CC(COP(=O)(O)OCCC[N+](C)(C)C)CC(C)=O)cc1. The molecule has 0 aliphatic heterocycles. The fourth-order valence-corrected chi connectivity index (χ4v) is 5.22. The van der Waals surface area contributed by atoms with Crippen molar-refractivity contribution in [1.29, 1.82) is 0 Å². The van der Waals surface area contributed by atoms with Crippen LogP contribution in [0.5, 0.6) is 5.75 Å². The molecule has 0 bridgehead atoms. The van der Waals surface area contributed by atoms with Gasteiger partial charge in [-0.1, -0.05) is 76.8 Å². The van der Waals surface area contributed by atoms with Gasteiger partial charge in [0.05, 0.1) is 47.5 Å². The highest BCUT2D eigenvalue weighted by Gasteiger charge is 2.24. The second-order valence-corrected chi connectivity index (χ2v) is 13.1. The molecule has 0 aromatic heterocycles. The van der Waals surface area contributed by atoms with E-state index in [4.69, 9.17) is 13.8 Å².